The molecule has 2 saturated heterocycles. The van der Waals surface area contributed by atoms with Gasteiger partial charge in [0.25, 0.3) is 0 Å². The van der Waals surface area contributed by atoms with E-state index < -0.39 is 65.7 Å². The van der Waals surface area contributed by atoms with E-state index in [0.717, 1.165) is 27.9 Å². The fraction of sp³-hybridized carbons (Fsp3) is 0.523. The van der Waals surface area contributed by atoms with Crippen molar-refractivity contribution in [2.75, 3.05) is 40.2 Å². The van der Waals surface area contributed by atoms with Gasteiger partial charge in [0.1, 0.15) is 46.4 Å². The van der Waals surface area contributed by atoms with Crippen LogP contribution in [0.2, 0.25) is 5.02 Å². The number of benzene rings is 1. The molecule has 0 aliphatic carbocycles. The Labute approximate surface area is 366 Å². The Hall–Kier alpha value is -5.04. The molecule has 17 nitrogen and oxygen atoms in total. The van der Waals surface area contributed by atoms with Crippen LogP contribution < -0.4 is 20.4 Å². The Morgan fingerprint density at radius 1 is 1.23 bits per heavy atom. The lowest BCUT2D eigenvalue weighted by Gasteiger charge is -2.41. The highest BCUT2D eigenvalue weighted by Crippen LogP contribution is 2.49. The number of fused-ring (bicyclic) bond motifs is 6. The first-order valence-electron chi connectivity index (χ1n) is 20.6. The number of aromatic nitrogens is 2. The summed E-state index contributed by atoms with van der Waals surface area (Å²) in [6.45, 7) is 7.73. The summed E-state index contributed by atoms with van der Waals surface area (Å²) in [7, 11) is 8.29. The SMILES string of the molecule is CNN(C)Cc1cc2cccnc2n1CCC(=O)N(C)[C@@H](C)C(=O)O[C@H]1CC(=O)N(C)c2cc(cc(OC)c2Cl)C/C(C)=C/C=C/[C@@H](O)[C@@]2(O)C[C@H](OC(=O)N2)[C@@H](C)C2O[C@]21C. The number of anilines is 1. The number of allylic oxidation sites excluding steroid dienone is 3. The monoisotopic (exact) mass is 879 g/mol. The zero-order valence-corrected chi connectivity index (χ0v) is 37.4. The van der Waals surface area contributed by atoms with Gasteiger partial charge < -0.3 is 43.5 Å². The number of likely N-dealkylation sites (N-methyl/N-ethyl adjacent to an activating group) is 1. The number of methoxy groups -OCH3 is 1. The number of amides is 3. The first-order chi connectivity index (χ1) is 29.3. The van der Waals surface area contributed by atoms with Gasteiger partial charge in [-0.25, -0.2) is 19.6 Å². The van der Waals surface area contributed by atoms with E-state index in [2.05, 4.69) is 15.7 Å². The molecule has 3 aliphatic heterocycles. The smallest absolute Gasteiger partial charge is 0.409 e. The van der Waals surface area contributed by atoms with Gasteiger partial charge in [0.15, 0.2) is 5.72 Å². The number of aliphatic hydroxyl groups is 2. The van der Waals surface area contributed by atoms with E-state index in [0.29, 0.717) is 30.9 Å². The number of epoxide rings is 1. The number of carbonyl (C=O) groups excluding carboxylic acids is 4. The maximum Gasteiger partial charge on any atom is 0.409 e. The number of alkyl carbamates (subject to hydrolysis) is 1. The predicted octanol–water partition coefficient (Wildman–Crippen LogP) is 3.87. The minimum absolute atomic E-state index is 0.0578. The maximum absolute atomic E-state index is 14.3. The molecule has 8 atom stereocenters. The largest absolute Gasteiger partial charge is 0.495 e. The number of hydrazine groups is 1. The first kappa shape index (κ1) is 46.5. The van der Waals surface area contributed by atoms with Crippen LogP contribution in [0.25, 0.3) is 11.0 Å². The number of rotatable bonds is 10. The summed E-state index contributed by atoms with van der Waals surface area (Å²) in [5.41, 5.74) is 3.40. The highest BCUT2D eigenvalue weighted by atomic mass is 35.5. The normalized spacial score (nSPS) is 28.6. The lowest BCUT2D eigenvalue weighted by atomic mass is 9.83. The van der Waals surface area contributed by atoms with Gasteiger partial charge in [-0.05, 0) is 70.1 Å². The molecule has 5 heterocycles. The van der Waals surface area contributed by atoms with E-state index in [4.69, 9.17) is 30.5 Å². The second-order valence-corrected chi connectivity index (χ2v) is 17.1. The van der Waals surface area contributed by atoms with Gasteiger partial charge in [0.05, 0.1) is 31.9 Å². The number of aryl methyl sites for hydroxylation is 1. The summed E-state index contributed by atoms with van der Waals surface area (Å²) in [4.78, 5) is 62.2. The minimum atomic E-state index is -2.08. The van der Waals surface area contributed by atoms with Crippen molar-refractivity contribution in [3.63, 3.8) is 0 Å². The van der Waals surface area contributed by atoms with Crippen molar-refractivity contribution in [2.45, 2.75) is 108 Å². The van der Waals surface area contributed by atoms with Crippen LogP contribution in [-0.2, 0) is 48.1 Å². The Bertz CT molecular complexity index is 2250. The average molecular weight is 880 g/mol. The molecule has 6 rings (SSSR count). The number of carbonyl (C=O) groups is 4. The molecule has 3 amide bonds. The Morgan fingerprint density at radius 2 is 1.97 bits per heavy atom. The molecule has 0 radical (unpaired) electrons. The number of ether oxygens (including phenoxy) is 4. The van der Waals surface area contributed by atoms with Crippen LogP contribution in [0.3, 0.4) is 0 Å². The number of hydrogen-bond acceptors (Lipinski definition) is 13. The van der Waals surface area contributed by atoms with Crippen LogP contribution in [0.5, 0.6) is 5.75 Å². The van der Waals surface area contributed by atoms with Crippen molar-refractivity contribution < 1.29 is 48.3 Å². The van der Waals surface area contributed by atoms with Crippen molar-refractivity contribution >= 4 is 52.2 Å². The van der Waals surface area contributed by atoms with Crippen LogP contribution in [0.4, 0.5) is 10.5 Å². The molecule has 1 aromatic carbocycles. The van der Waals surface area contributed by atoms with E-state index in [1.165, 1.54) is 30.0 Å². The van der Waals surface area contributed by atoms with Gasteiger partial charge >= 0.3 is 12.1 Å². The third kappa shape index (κ3) is 9.77. The lowest BCUT2D eigenvalue weighted by molar-refractivity contribution is -0.162. The molecule has 0 spiro atoms. The van der Waals surface area contributed by atoms with E-state index in [9.17, 15) is 29.4 Å². The Morgan fingerprint density at radius 3 is 2.68 bits per heavy atom. The molecule has 18 heteroatoms. The van der Waals surface area contributed by atoms with E-state index in [-0.39, 0.29) is 30.2 Å². The quantitative estimate of drug-likeness (QED) is 0.130. The zero-order valence-electron chi connectivity index (χ0n) is 36.7. The fourth-order valence-electron chi connectivity index (χ4n) is 8.18. The number of aliphatic hydroxyl groups excluding tert-OH is 1. The Kier molecular flexibility index (Phi) is 14.0. The number of nitrogens with one attached hydrogen (secondary N) is 2. The molecular formula is C44H58ClN7O10. The highest BCUT2D eigenvalue weighted by molar-refractivity contribution is 6.35. The Balaban J connectivity index is 1.27. The molecule has 62 heavy (non-hydrogen) atoms. The molecule has 3 aromatic rings. The van der Waals surface area contributed by atoms with Gasteiger partial charge in [-0.3, -0.25) is 20.3 Å². The number of esters is 1. The highest BCUT2D eigenvalue weighted by Gasteiger charge is 2.64. The van der Waals surface area contributed by atoms with Crippen molar-refractivity contribution in [3.8, 4) is 5.75 Å². The molecule has 4 bridgehead atoms. The third-order valence-electron chi connectivity index (χ3n) is 12.4. The summed E-state index contributed by atoms with van der Waals surface area (Å²) in [5, 5.41) is 28.0. The molecule has 2 fully saturated rings. The number of halogens is 1. The van der Waals surface area contributed by atoms with Gasteiger partial charge in [-0.15, -0.1) is 0 Å². The topological polar surface area (TPSA) is 201 Å². The van der Waals surface area contributed by atoms with Crippen LogP contribution in [0.15, 0.2) is 60.3 Å². The first-order valence-corrected chi connectivity index (χ1v) is 21.0. The van der Waals surface area contributed by atoms with Gasteiger partial charge in [-0.1, -0.05) is 42.3 Å². The number of hydrogen-bond donors (Lipinski definition) is 4. The van der Waals surface area contributed by atoms with Crippen molar-refractivity contribution in [1.82, 2.24) is 30.2 Å². The summed E-state index contributed by atoms with van der Waals surface area (Å²) in [6.07, 6.45) is 1.01. The van der Waals surface area contributed by atoms with Gasteiger partial charge in [0, 0.05) is 63.7 Å². The van der Waals surface area contributed by atoms with E-state index in [1.54, 1.807) is 58.3 Å². The standard InChI is InChI=1S/C44H58ClN7O10/c1-25-12-10-14-34(53)44(58)23-33(60-42(57)48-44)26(2)39-43(4,62-39)35(22-37(55)51(8)31-19-28(18-25)20-32(59-9)38(31)45)61-41(56)27(3)50(7)36(54)15-17-52-30(24-49(6)46-5)21-29-13-11-16-47-40(29)52/h10-14,16,19-21,26-27,33-35,39,46,53,58H,15,17-18,22-24H2,1-9H3,(H,48,57)/b14-10+,25-12+/t26-,27+,33+,34-,35+,39?,43+,44+/m1/s1. The van der Waals surface area contributed by atoms with Crippen molar-refractivity contribution in [2.24, 2.45) is 5.92 Å². The van der Waals surface area contributed by atoms with Crippen molar-refractivity contribution in [3.05, 3.63) is 76.6 Å². The minimum Gasteiger partial charge on any atom is -0.495 e. The second-order valence-electron chi connectivity index (χ2n) is 16.7. The lowest BCUT2D eigenvalue weighted by Crippen LogP contribution is -2.63. The summed E-state index contributed by atoms with van der Waals surface area (Å²) < 4.78 is 25.6. The maximum atomic E-state index is 14.3. The fourth-order valence-corrected chi connectivity index (χ4v) is 8.50. The van der Waals surface area contributed by atoms with Crippen LogP contribution in [-0.4, -0.2) is 131 Å². The molecule has 3 aliphatic rings. The predicted molar refractivity (Wildman–Crippen MR) is 231 cm³/mol. The molecular weight excluding hydrogens is 822 g/mol. The summed E-state index contributed by atoms with van der Waals surface area (Å²) >= 11 is 6.79. The van der Waals surface area contributed by atoms with Crippen LogP contribution >= 0.6 is 11.6 Å². The third-order valence-corrected chi connectivity index (χ3v) is 12.7. The van der Waals surface area contributed by atoms with E-state index in [1.807, 2.05) is 48.8 Å². The number of pyridine rings is 1. The molecule has 1 unspecified atom stereocenters. The molecule has 4 N–H and O–H groups in total. The summed E-state index contributed by atoms with van der Waals surface area (Å²) in [6, 6.07) is 8.31. The zero-order chi connectivity index (χ0) is 45.3. The molecule has 0 saturated carbocycles. The van der Waals surface area contributed by atoms with Gasteiger partial charge in [-0.2, -0.15) is 0 Å². The van der Waals surface area contributed by atoms with Crippen LogP contribution in [0.1, 0.15) is 58.2 Å². The van der Waals surface area contributed by atoms with Crippen LogP contribution in [0, 0.1) is 5.92 Å². The van der Waals surface area contributed by atoms with E-state index >= 15 is 0 Å². The van der Waals surface area contributed by atoms with Gasteiger partial charge in [0.2, 0.25) is 11.8 Å². The summed E-state index contributed by atoms with van der Waals surface area (Å²) in [5.74, 6) is -1.82. The second kappa shape index (κ2) is 18.7. The molecule has 2 aromatic heterocycles. The molecule has 336 valence electrons. The average Bonchev–Trinajstić information content (AvgIpc) is 3.82. The van der Waals surface area contributed by atoms with Crippen molar-refractivity contribution in [1.29, 1.82) is 0 Å². The number of nitrogens with zero attached hydrogens (tertiary/aromatic N) is 5.